The van der Waals surface area contributed by atoms with Crippen LogP contribution < -0.4 is 15.0 Å². The lowest BCUT2D eigenvalue weighted by Crippen LogP contribution is -2.36. The van der Waals surface area contributed by atoms with Crippen molar-refractivity contribution in [2.45, 2.75) is 19.5 Å². The van der Waals surface area contributed by atoms with Gasteiger partial charge in [0.2, 0.25) is 5.91 Å². The van der Waals surface area contributed by atoms with Crippen LogP contribution in [0.25, 0.3) is 0 Å². The van der Waals surface area contributed by atoms with Crippen molar-refractivity contribution in [1.29, 1.82) is 0 Å². The molecule has 2 aromatic carbocycles. The number of anilines is 1. The summed E-state index contributed by atoms with van der Waals surface area (Å²) in [5.41, 5.74) is 2.31. The standard InChI is InChI=1S/C18H17ClN2O3/c1-11(22)20-16-14-4-3-5-15(19)17(14)21(18(16)23)10-12-6-8-13(24-2)9-7-12/h3-9,16H,10H2,1-2H3,(H,20,22). The number of halogens is 1. The highest BCUT2D eigenvalue weighted by Gasteiger charge is 2.39. The van der Waals surface area contributed by atoms with Gasteiger partial charge in [-0.2, -0.15) is 0 Å². The van der Waals surface area contributed by atoms with Gasteiger partial charge in [-0.05, 0) is 23.8 Å². The van der Waals surface area contributed by atoms with E-state index in [1.54, 1.807) is 24.1 Å². The highest BCUT2D eigenvalue weighted by atomic mass is 35.5. The number of hydrogen-bond donors (Lipinski definition) is 1. The summed E-state index contributed by atoms with van der Waals surface area (Å²) in [6.07, 6.45) is 0. The molecule has 6 heteroatoms. The highest BCUT2D eigenvalue weighted by molar-refractivity contribution is 6.34. The number of methoxy groups -OCH3 is 1. The second-order valence-electron chi connectivity index (χ2n) is 5.58. The minimum absolute atomic E-state index is 0.191. The van der Waals surface area contributed by atoms with Crippen LogP contribution in [0, 0.1) is 0 Å². The lowest BCUT2D eigenvalue weighted by atomic mass is 10.1. The fourth-order valence-corrected chi connectivity index (χ4v) is 3.15. The molecule has 1 atom stereocenters. The van der Waals surface area contributed by atoms with Crippen molar-refractivity contribution < 1.29 is 14.3 Å². The van der Waals surface area contributed by atoms with Gasteiger partial charge in [-0.15, -0.1) is 0 Å². The first kappa shape index (κ1) is 16.3. The summed E-state index contributed by atoms with van der Waals surface area (Å²) in [5.74, 6) is 0.302. The van der Waals surface area contributed by atoms with Crippen molar-refractivity contribution in [3.05, 3.63) is 58.6 Å². The van der Waals surface area contributed by atoms with E-state index in [4.69, 9.17) is 16.3 Å². The lowest BCUT2D eigenvalue weighted by molar-refractivity contribution is -0.126. The van der Waals surface area contributed by atoms with Crippen molar-refractivity contribution in [1.82, 2.24) is 5.32 Å². The van der Waals surface area contributed by atoms with Crippen LogP contribution in [0.4, 0.5) is 5.69 Å². The fourth-order valence-electron chi connectivity index (χ4n) is 2.86. The number of para-hydroxylation sites is 1. The SMILES string of the molecule is COc1ccc(CN2C(=O)C(NC(C)=O)c3cccc(Cl)c32)cc1. The van der Waals surface area contributed by atoms with Crippen LogP contribution in [0.3, 0.4) is 0 Å². The van der Waals surface area contributed by atoms with E-state index in [-0.39, 0.29) is 11.8 Å². The molecule has 124 valence electrons. The van der Waals surface area contributed by atoms with E-state index >= 15 is 0 Å². The van der Waals surface area contributed by atoms with Gasteiger partial charge in [-0.3, -0.25) is 9.59 Å². The number of hydrogen-bond acceptors (Lipinski definition) is 3. The average molecular weight is 345 g/mol. The van der Waals surface area contributed by atoms with Gasteiger partial charge in [-0.1, -0.05) is 35.9 Å². The number of nitrogens with zero attached hydrogens (tertiary/aromatic N) is 1. The molecule has 0 spiro atoms. The lowest BCUT2D eigenvalue weighted by Gasteiger charge is -2.19. The maximum Gasteiger partial charge on any atom is 0.254 e. The zero-order chi connectivity index (χ0) is 17.3. The second-order valence-corrected chi connectivity index (χ2v) is 5.99. The third-order valence-electron chi connectivity index (χ3n) is 3.96. The van der Waals surface area contributed by atoms with Crippen LogP contribution in [0.1, 0.15) is 24.1 Å². The number of fused-ring (bicyclic) bond motifs is 1. The molecule has 0 fully saturated rings. The van der Waals surface area contributed by atoms with Crippen LogP contribution in [-0.2, 0) is 16.1 Å². The van der Waals surface area contributed by atoms with E-state index < -0.39 is 6.04 Å². The zero-order valence-corrected chi connectivity index (χ0v) is 14.1. The quantitative estimate of drug-likeness (QED) is 0.927. The van der Waals surface area contributed by atoms with E-state index in [2.05, 4.69) is 5.32 Å². The number of rotatable bonds is 4. The molecule has 1 N–H and O–H groups in total. The molecule has 0 radical (unpaired) electrons. The molecule has 3 rings (SSSR count). The predicted molar refractivity (Wildman–Crippen MR) is 92.2 cm³/mol. The molecule has 0 aliphatic carbocycles. The number of amides is 2. The number of nitrogens with one attached hydrogen (secondary N) is 1. The van der Waals surface area contributed by atoms with Gasteiger partial charge in [-0.25, -0.2) is 0 Å². The molecular formula is C18H17ClN2O3. The van der Waals surface area contributed by atoms with Gasteiger partial charge in [0, 0.05) is 12.5 Å². The summed E-state index contributed by atoms with van der Waals surface area (Å²) in [6.45, 7) is 1.76. The molecule has 2 aromatic rings. The Labute approximate surface area is 145 Å². The van der Waals surface area contributed by atoms with Crippen molar-refractivity contribution >= 4 is 29.1 Å². The summed E-state index contributed by atoms with van der Waals surface area (Å²) < 4.78 is 5.15. The van der Waals surface area contributed by atoms with E-state index in [0.29, 0.717) is 17.3 Å². The van der Waals surface area contributed by atoms with Crippen molar-refractivity contribution in [3.63, 3.8) is 0 Å². The molecule has 2 amide bonds. The van der Waals surface area contributed by atoms with Crippen molar-refractivity contribution in [2.75, 3.05) is 12.0 Å². The minimum Gasteiger partial charge on any atom is -0.497 e. The summed E-state index contributed by atoms with van der Waals surface area (Å²) >= 11 is 6.32. The average Bonchev–Trinajstić information content (AvgIpc) is 2.82. The molecule has 5 nitrogen and oxygen atoms in total. The summed E-state index contributed by atoms with van der Waals surface area (Å²) in [6, 6.07) is 12.1. The first-order valence-corrected chi connectivity index (χ1v) is 7.89. The molecular weight excluding hydrogens is 328 g/mol. The third-order valence-corrected chi connectivity index (χ3v) is 4.26. The molecule has 1 heterocycles. The number of ether oxygens (including phenoxy) is 1. The normalized spacial score (nSPS) is 16.0. The molecule has 0 saturated heterocycles. The monoisotopic (exact) mass is 344 g/mol. The van der Waals surface area contributed by atoms with Crippen LogP contribution in [0.2, 0.25) is 5.02 Å². The van der Waals surface area contributed by atoms with Gasteiger partial charge in [0.25, 0.3) is 5.91 Å². The zero-order valence-electron chi connectivity index (χ0n) is 13.4. The molecule has 0 bridgehead atoms. The van der Waals surface area contributed by atoms with Crippen LogP contribution in [0.5, 0.6) is 5.75 Å². The Morgan fingerprint density at radius 3 is 2.58 bits per heavy atom. The predicted octanol–water partition coefficient (Wildman–Crippen LogP) is 3.07. The van der Waals surface area contributed by atoms with Gasteiger partial charge in [0.15, 0.2) is 0 Å². The fraction of sp³-hybridized carbons (Fsp3) is 0.222. The third kappa shape index (κ3) is 2.95. The first-order chi connectivity index (χ1) is 11.5. The Morgan fingerprint density at radius 1 is 1.25 bits per heavy atom. The smallest absolute Gasteiger partial charge is 0.254 e. The maximum absolute atomic E-state index is 12.8. The van der Waals surface area contributed by atoms with E-state index in [1.165, 1.54) is 6.92 Å². The largest absolute Gasteiger partial charge is 0.497 e. The van der Waals surface area contributed by atoms with Crippen LogP contribution >= 0.6 is 11.6 Å². The number of carbonyl (C=O) groups excluding carboxylic acids is 2. The second kappa shape index (κ2) is 6.53. The van der Waals surface area contributed by atoms with Gasteiger partial charge >= 0.3 is 0 Å². The molecule has 1 aliphatic heterocycles. The van der Waals surface area contributed by atoms with Gasteiger partial charge in [0.05, 0.1) is 24.4 Å². The minimum atomic E-state index is -0.700. The van der Waals surface area contributed by atoms with E-state index in [0.717, 1.165) is 16.9 Å². The molecule has 24 heavy (non-hydrogen) atoms. The van der Waals surface area contributed by atoms with Gasteiger partial charge in [0.1, 0.15) is 11.8 Å². The Bertz CT molecular complexity index is 789. The highest BCUT2D eigenvalue weighted by Crippen LogP contribution is 2.41. The van der Waals surface area contributed by atoms with E-state index in [9.17, 15) is 9.59 Å². The Balaban J connectivity index is 1.95. The molecule has 0 aromatic heterocycles. The van der Waals surface area contributed by atoms with Crippen LogP contribution in [0.15, 0.2) is 42.5 Å². The molecule has 1 aliphatic rings. The number of carbonyl (C=O) groups is 2. The summed E-state index contributed by atoms with van der Waals surface area (Å²) in [7, 11) is 1.60. The Morgan fingerprint density at radius 2 is 1.96 bits per heavy atom. The summed E-state index contributed by atoms with van der Waals surface area (Å²) in [5, 5.41) is 3.19. The van der Waals surface area contributed by atoms with Crippen molar-refractivity contribution in [3.8, 4) is 5.75 Å². The molecule has 1 unspecified atom stereocenters. The Kier molecular flexibility index (Phi) is 4.44. The van der Waals surface area contributed by atoms with Crippen LogP contribution in [-0.4, -0.2) is 18.9 Å². The topological polar surface area (TPSA) is 58.6 Å². The Hall–Kier alpha value is -2.53. The summed E-state index contributed by atoms with van der Waals surface area (Å²) in [4.78, 5) is 25.9. The number of benzene rings is 2. The molecule has 0 saturated carbocycles. The first-order valence-electron chi connectivity index (χ1n) is 7.51. The van der Waals surface area contributed by atoms with Crippen molar-refractivity contribution in [2.24, 2.45) is 0 Å². The maximum atomic E-state index is 12.8. The van der Waals surface area contributed by atoms with E-state index in [1.807, 2.05) is 30.3 Å². The van der Waals surface area contributed by atoms with Gasteiger partial charge < -0.3 is 15.0 Å².